The third-order valence-corrected chi connectivity index (χ3v) is 3.55. The molecule has 0 unspecified atom stereocenters. The number of ether oxygens (including phenoxy) is 2. The lowest BCUT2D eigenvalue weighted by atomic mass is 10.1. The summed E-state index contributed by atoms with van der Waals surface area (Å²) in [5, 5.41) is 13.4. The van der Waals surface area contributed by atoms with Crippen LogP contribution in [0.15, 0.2) is 30.3 Å². The second-order valence-electron chi connectivity index (χ2n) is 5.81. The fourth-order valence-corrected chi connectivity index (χ4v) is 2.13. The highest BCUT2D eigenvalue weighted by atomic mass is 19.4. The summed E-state index contributed by atoms with van der Waals surface area (Å²) in [6, 6.07) is 4.39. The lowest BCUT2D eigenvalue weighted by Crippen LogP contribution is -2.54. The molecule has 0 heterocycles. The van der Waals surface area contributed by atoms with Gasteiger partial charge in [0.15, 0.2) is 6.04 Å². The highest BCUT2D eigenvalue weighted by Crippen LogP contribution is 2.24. The zero-order chi connectivity index (χ0) is 21.3. The van der Waals surface area contributed by atoms with Gasteiger partial charge in [0, 0.05) is 0 Å². The number of alkyl halides is 3. The first-order valence-electron chi connectivity index (χ1n) is 8.13. The van der Waals surface area contributed by atoms with Crippen LogP contribution in [0, 0.1) is 0 Å². The van der Waals surface area contributed by atoms with Gasteiger partial charge in [-0.3, -0.25) is 4.79 Å². The normalized spacial score (nSPS) is 14.4. The molecule has 3 atom stereocenters. The maximum absolute atomic E-state index is 13.2. The molecule has 1 aromatic carbocycles. The highest BCUT2D eigenvalue weighted by Gasteiger charge is 2.46. The number of carbonyl (C=O) groups excluding carboxylic acids is 3. The summed E-state index contributed by atoms with van der Waals surface area (Å²) >= 11 is 0. The third kappa shape index (κ3) is 7.82. The Kier molecular flexibility index (Phi) is 8.71. The number of amides is 2. The number of rotatable bonds is 8. The molecule has 0 aromatic heterocycles. The highest BCUT2D eigenvalue weighted by molar-refractivity contribution is 5.84. The Labute approximate surface area is 159 Å². The minimum Gasteiger partial charge on any atom is -0.467 e. The number of aliphatic hydroxyl groups excluding tert-OH is 1. The summed E-state index contributed by atoms with van der Waals surface area (Å²) in [5.74, 6) is -1.84. The quantitative estimate of drug-likeness (QED) is 0.561. The molecule has 156 valence electrons. The number of carbonyl (C=O) groups is 3. The smallest absolute Gasteiger partial charge is 0.411 e. The Bertz CT molecular complexity index is 669. The maximum Gasteiger partial charge on any atom is 0.411 e. The number of esters is 1. The molecular formula is C17H21F3N2O6. The summed E-state index contributed by atoms with van der Waals surface area (Å²) in [4.78, 5) is 34.6. The van der Waals surface area contributed by atoms with Crippen molar-refractivity contribution in [2.75, 3.05) is 7.11 Å². The minimum absolute atomic E-state index is 0.273. The van der Waals surface area contributed by atoms with Gasteiger partial charge in [-0.2, -0.15) is 13.2 Å². The monoisotopic (exact) mass is 406 g/mol. The Morgan fingerprint density at radius 2 is 1.75 bits per heavy atom. The van der Waals surface area contributed by atoms with Gasteiger partial charge in [0.1, 0.15) is 12.6 Å². The zero-order valence-electron chi connectivity index (χ0n) is 15.2. The van der Waals surface area contributed by atoms with Gasteiger partial charge in [0.2, 0.25) is 5.91 Å². The summed E-state index contributed by atoms with van der Waals surface area (Å²) in [7, 11) is 1.07. The molecule has 0 saturated carbocycles. The molecule has 3 N–H and O–H groups in total. The van der Waals surface area contributed by atoms with E-state index in [1.807, 2.05) is 0 Å². The van der Waals surface area contributed by atoms with Crippen molar-refractivity contribution in [2.24, 2.45) is 0 Å². The van der Waals surface area contributed by atoms with Crippen LogP contribution in [0.25, 0.3) is 0 Å². The van der Waals surface area contributed by atoms with Gasteiger partial charge in [-0.05, 0) is 12.5 Å². The van der Waals surface area contributed by atoms with E-state index in [1.165, 1.54) is 12.2 Å². The van der Waals surface area contributed by atoms with Crippen molar-refractivity contribution in [2.45, 2.75) is 44.3 Å². The van der Waals surface area contributed by atoms with Crippen LogP contribution in [0.1, 0.15) is 18.9 Å². The molecule has 0 saturated heterocycles. The topological polar surface area (TPSA) is 114 Å². The average molecular weight is 406 g/mol. The van der Waals surface area contributed by atoms with E-state index < -0.39 is 48.8 Å². The van der Waals surface area contributed by atoms with Crippen LogP contribution in [0.3, 0.4) is 0 Å². The van der Waals surface area contributed by atoms with Gasteiger partial charge >= 0.3 is 18.2 Å². The fourth-order valence-electron chi connectivity index (χ4n) is 2.13. The summed E-state index contributed by atoms with van der Waals surface area (Å²) in [6.45, 7) is 0.987. The molecule has 0 aliphatic heterocycles. The molecule has 28 heavy (non-hydrogen) atoms. The molecule has 0 bridgehead atoms. The fraction of sp³-hybridized carbons (Fsp3) is 0.471. The van der Waals surface area contributed by atoms with Crippen LogP contribution in [0.5, 0.6) is 0 Å². The number of hydrogen-bond donors (Lipinski definition) is 3. The van der Waals surface area contributed by atoms with Crippen LogP contribution in [0.4, 0.5) is 18.0 Å². The zero-order valence-corrected chi connectivity index (χ0v) is 15.2. The molecule has 1 rings (SSSR count). The Balaban J connectivity index is 2.64. The number of benzene rings is 1. The number of halogens is 3. The van der Waals surface area contributed by atoms with Gasteiger partial charge < -0.3 is 25.2 Å². The largest absolute Gasteiger partial charge is 0.467 e. The van der Waals surface area contributed by atoms with Crippen LogP contribution in [-0.2, 0) is 25.7 Å². The lowest BCUT2D eigenvalue weighted by molar-refractivity contribution is -0.177. The minimum atomic E-state index is -5.04. The molecule has 0 fully saturated rings. The molecule has 11 heteroatoms. The van der Waals surface area contributed by atoms with Crippen molar-refractivity contribution < 1.29 is 42.1 Å². The van der Waals surface area contributed by atoms with Crippen molar-refractivity contribution in [1.29, 1.82) is 0 Å². The van der Waals surface area contributed by atoms with Gasteiger partial charge in [-0.1, -0.05) is 30.3 Å². The van der Waals surface area contributed by atoms with Crippen LogP contribution in [-0.4, -0.2) is 54.5 Å². The van der Waals surface area contributed by atoms with E-state index in [4.69, 9.17) is 4.74 Å². The van der Waals surface area contributed by atoms with Crippen molar-refractivity contribution in [3.05, 3.63) is 35.9 Å². The van der Waals surface area contributed by atoms with E-state index >= 15 is 0 Å². The Morgan fingerprint density at radius 1 is 1.14 bits per heavy atom. The summed E-state index contributed by atoms with van der Waals surface area (Å²) < 4.78 is 48.5. The average Bonchev–Trinajstić information content (AvgIpc) is 2.63. The molecule has 8 nitrogen and oxygen atoms in total. The number of hydrogen-bond acceptors (Lipinski definition) is 6. The van der Waals surface area contributed by atoms with Crippen molar-refractivity contribution in [3.63, 3.8) is 0 Å². The lowest BCUT2D eigenvalue weighted by Gasteiger charge is -2.26. The number of aliphatic hydroxyl groups is 1. The second kappa shape index (κ2) is 10.5. The molecular weight excluding hydrogens is 385 g/mol. The summed E-state index contributed by atoms with van der Waals surface area (Å²) in [5.41, 5.74) is 0.554. The van der Waals surface area contributed by atoms with E-state index in [2.05, 4.69) is 10.1 Å². The van der Waals surface area contributed by atoms with E-state index in [0.29, 0.717) is 5.56 Å². The standard InChI is InChI=1S/C17H21F3N2O6/c1-10(15(25)27-2)21-13(24)8-12(23)14(17(18,19)20)22-16(26)28-9-11-6-4-3-5-7-11/h3-7,10,12,14,23H,8-9H2,1-2H3,(H,21,24)(H,22,26)/t10-,12-,14+/m0/s1. The van der Waals surface area contributed by atoms with E-state index in [9.17, 15) is 32.7 Å². The van der Waals surface area contributed by atoms with E-state index in [-0.39, 0.29) is 6.61 Å². The number of methoxy groups -OCH3 is 1. The van der Waals surface area contributed by atoms with Crippen molar-refractivity contribution in [3.8, 4) is 0 Å². The van der Waals surface area contributed by atoms with Gasteiger partial charge in [0.05, 0.1) is 19.6 Å². The third-order valence-electron chi connectivity index (χ3n) is 3.55. The van der Waals surface area contributed by atoms with E-state index in [1.54, 1.807) is 30.3 Å². The molecule has 0 radical (unpaired) electrons. The predicted molar refractivity (Wildman–Crippen MR) is 89.9 cm³/mol. The number of alkyl carbamates (subject to hydrolysis) is 1. The van der Waals surface area contributed by atoms with E-state index in [0.717, 1.165) is 7.11 Å². The first-order chi connectivity index (χ1) is 13.0. The molecule has 0 aliphatic rings. The first kappa shape index (κ1) is 23.2. The SMILES string of the molecule is COC(=O)[C@H](C)NC(=O)C[C@H](O)[C@@H](NC(=O)OCc1ccccc1)C(F)(F)F. The van der Waals surface area contributed by atoms with Crippen LogP contribution < -0.4 is 10.6 Å². The van der Waals surface area contributed by atoms with Gasteiger partial charge in [-0.25, -0.2) is 9.59 Å². The Hall–Kier alpha value is -2.82. The maximum atomic E-state index is 13.2. The van der Waals surface area contributed by atoms with Crippen molar-refractivity contribution >= 4 is 18.0 Å². The van der Waals surface area contributed by atoms with Crippen molar-refractivity contribution in [1.82, 2.24) is 10.6 Å². The predicted octanol–water partition coefficient (Wildman–Crippen LogP) is 1.27. The second-order valence-corrected chi connectivity index (χ2v) is 5.81. The van der Waals surface area contributed by atoms with Gasteiger partial charge in [0.25, 0.3) is 0 Å². The molecule has 2 amide bonds. The van der Waals surface area contributed by atoms with Crippen LogP contribution in [0.2, 0.25) is 0 Å². The summed E-state index contributed by atoms with van der Waals surface area (Å²) in [6.07, 6.45) is -9.76. The molecule has 0 spiro atoms. The molecule has 0 aliphatic carbocycles. The first-order valence-corrected chi connectivity index (χ1v) is 8.13. The Morgan fingerprint density at radius 3 is 2.29 bits per heavy atom. The van der Waals surface area contributed by atoms with Crippen LogP contribution >= 0.6 is 0 Å². The van der Waals surface area contributed by atoms with Gasteiger partial charge in [-0.15, -0.1) is 0 Å². The molecule has 1 aromatic rings. The number of nitrogens with one attached hydrogen (secondary N) is 2.